The van der Waals surface area contributed by atoms with E-state index in [1.165, 1.54) is 31.4 Å². The van der Waals surface area contributed by atoms with Gasteiger partial charge in [0.2, 0.25) is 5.90 Å². The summed E-state index contributed by atoms with van der Waals surface area (Å²) in [4.78, 5) is 16.1. The van der Waals surface area contributed by atoms with Gasteiger partial charge < -0.3 is 14.2 Å². The highest BCUT2D eigenvalue weighted by Gasteiger charge is 2.24. The van der Waals surface area contributed by atoms with Crippen LogP contribution in [-0.4, -0.2) is 26.1 Å². The number of cyclic esters (lactones) is 1. The average molecular weight is 327 g/mol. The van der Waals surface area contributed by atoms with Gasteiger partial charge >= 0.3 is 5.97 Å². The summed E-state index contributed by atoms with van der Waals surface area (Å²) in [6.45, 7) is 0. The first-order chi connectivity index (χ1) is 11.6. The van der Waals surface area contributed by atoms with Crippen molar-refractivity contribution in [2.75, 3.05) is 14.2 Å². The Labute approximate surface area is 138 Å². The van der Waals surface area contributed by atoms with Crippen molar-refractivity contribution in [3.63, 3.8) is 0 Å². The fourth-order valence-electron chi connectivity index (χ4n) is 2.23. The molecule has 3 rings (SSSR count). The molecule has 0 spiro atoms. The van der Waals surface area contributed by atoms with E-state index in [9.17, 15) is 9.18 Å². The summed E-state index contributed by atoms with van der Waals surface area (Å²) in [5, 5.41) is 0. The number of hydrogen-bond acceptors (Lipinski definition) is 5. The number of rotatable bonds is 4. The predicted molar refractivity (Wildman–Crippen MR) is 86.6 cm³/mol. The molecule has 1 aliphatic heterocycles. The SMILES string of the molecule is COc1ccc(/C=C2\N=C(c3ccc(F)cc3)OC2=O)cc1OC. The first-order valence-corrected chi connectivity index (χ1v) is 7.11. The van der Waals surface area contributed by atoms with Crippen molar-refractivity contribution in [2.45, 2.75) is 0 Å². The van der Waals surface area contributed by atoms with Crippen molar-refractivity contribution >= 4 is 17.9 Å². The third-order valence-corrected chi connectivity index (χ3v) is 3.42. The van der Waals surface area contributed by atoms with E-state index in [0.29, 0.717) is 22.6 Å². The molecule has 0 saturated carbocycles. The van der Waals surface area contributed by atoms with Gasteiger partial charge in [-0.2, -0.15) is 0 Å². The lowest BCUT2D eigenvalue weighted by atomic mass is 10.1. The average Bonchev–Trinajstić information content (AvgIpc) is 2.96. The van der Waals surface area contributed by atoms with Gasteiger partial charge in [0.1, 0.15) is 5.82 Å². The van der Waals surface area contributed by atoms with Gasteiger partial charge in [-0.3, -0.25) is 0 Å². The summed E-state index contributed by atoms with van der Waals surface area (Å²) >= 11 is 0. The van der Waals surface area contributed by atoms with Crippen molar-refractivity contribution < 1.29 is 23.4 Å². The smallest absolute Gasteiger partial charge is 0.363 e. The fourth-order valence-corrected chi connectivity index (χ4v) is 2.23. The highest BCUT2D eigenvalue weighted by Crippen LogP contribution is 2.29. The second-order valence-electron chi connectivity index (χ2n) is 4.96. The summed E-state index contributed by atoms with van der Waals surface area (Å²) in [6.07, 6.45) is 1.58. The molecule has 2 aromatic rings. The van der Waals surface area contributed by atoms with Crippen LogP contribution in [0.2, 0.25) is 0 Å². The van der Waals surface area contributed by atoms with Crippen LogP contribution in [0.3, 0.4) is 0 Å². The summed E-state index contributed by atoms with van der Waals surface area (Å²) < 4.78 is 28.5. The van der Waals surface area contributed by atoms with Crippen LogP contribution in [0, 0.1) is 5.82 Å². The maximum absolute atomic E-state index is 13.0. The summed E-state index contributed by atoms with van der Waals surface area (Å²) in [6, 6.07) is 10.8. The fraction of sp³-hybridized carbons (Fsp3) is 0.111. The van der Waals surface area contributed by atoms with Crippen LogP contribution in [0.4, 0.5) is 4.39 Å². The van der Waals surface area contributed by atoms with Gasteiger partial charge in [0.05, 0.1) is 14.2 Å². The van der Waals surface area contributed by atoms with Gasteiger partial charge in [0, 0.05) is 5.56 Å². The van der Waals surface area contributed by atoms with Crippen LogP contribution in [-0.2, 0) is 9.53 Å². The number of halogens is 1. The van der Waals surface area contributed by atoms with E-state index < -0.39 is 5.97 Å². The largest absolute Gasteiger partial charge is 0.493 e. The van der Waals surface area contributed by atoms with Crippen LogP contribution in [0.15, 0.2) is 53.2 Å². The molecule has 0 bridgehead atoms. The second-order valence-corrected chi connectivity index (χ2v) is 4.96. The van der Waals surface area contributed by atoms with Crippen molar-refractivity contribution in [2.24, 2.45) is 4.99 Å². The molecule has 0 N–H and O–H groups in total. The molecular weight excluding hydrogens is 313 g/mol. The maximum atomic E-state index is 13.0. The lowest BCUT2D eigenvalue weighted by Gasteiger charge is -2.07. The molecule has 122 valence electrons. The molecule has 0 unspecified atom stereocenters. The molecule has 0 amide bonds. The van der Waals surface area contributed by atoms with Crippen molar-refractivity contribution in [1.29, 1.82) is 0 Å². The van der Waals surface area contributed by atoms with Crippen LogP contribution in [0.1, 0.15) is 11.1 Å². The minimum atomic E-state index is -0.566. The van der Waals surface area contributed by atoms with Gasteiger partial charge in [-0.15, -0.1) is 0 Å². The molecule has 0 atom stereocenters. The Bertz CT molecular complexity index is 841. The lowest BCUT2D eigenvalue weighted by molar-refractivity contribution is -0.129. The zero-order chi connectivity index (χ0) is 17.1. The van der Waals surface area contributed by atoms with Gasteiger partial charge in [0.15, 0.2) is 17.2 Å². The Morgan fingerprint density at radius 1 is 1.04 bits per heavy atom. The van der Waals surface area contributed by atoms with E-state index in [2.05, 4.69) is 4.99 Å². The Balaban J connectivity index is 1.92. The Morgan fingerprint density at radius 2 is 1.75 bits per heavy atom. The predicted octanol–water partition coefficient (Wildman–Crippen LogP) is 3.19. The van der Waals surface area contributed by atoms with Crippen LogP contribution < -0.4 is 9.47 Å². The molecular formula is C18H14FNO4. The van der Waals surface area contributed by atoms with E-state index in [1.807, 2.05) is 0 Å². The molecule has 0 radical (unpaired) electrons. The number of aliphatic imine (C=N–C) groups is 1. The quantitative estimate of drug-likeness (QED) is 0.639. The topological polar surface area (TPSA) is 57.1 Å². The van der Waals surface area contributed by atoms with Crippen molar-refractivity contribution in [3.05, 3.63) is 65.1 Å². The minimum absolute atomic E-state index is 0.145. The highest BCUT2D eigenvalue weighted by atomic mass is 19.1. The molecule has 5 nitrogen and oxygen atoms in total. The molecule has 1 heterocycles. The normalized spacial score (nSPS) is 15.2. The zero-order valence-corrected chi connectivity index (χ0v) is 13.1. The Kier molecular flexibility index (Phi) is 4.29. The van der Waals surface area contributed by atoms with Crippen molar-refractivity contribution in [1.82, 2.24) is 0 Å². The monoisotopic (exact) mass is 327 g/mol. The zero-order valence-electron chi connectivity index (χ0n) is 13.1. The van der Waals surface area contributed by atoms with Crippen LogP contribution >= 0.6 is 0 Å². The summed E-state index contributed by atoms with van der Waals surface area (Å²) in [7, 11) is 3.08. The highest BCUT2D eigenvalue weighted by molar-refractivity contribution is 6.12. The van der Waals surface area contributed by atoms with Gasteiger partial charge in [-0.05, 0) is 48.0 Å². The third kappa shape index (κ3) is 3.12. The maximum Gasteiger partial charge on any atom is 0.363 e. The Hall–Kier alpha value is -3.15. The van der Waals surface area contributed by atoms with Crippen LogP contribution in [0.5, 0.6) is 11.5 Å². The molecule has 0 saturated heterocycles. The van der Waals surface area contributed by atoms with Crippen molar-refractivity contribution in [3.8, 4) is 11.5 Å². The van der Waals surface area contributed by atoms with E-state index in [-0.39, 0.29) is 17.4 Å². The van der Waals surface area contributed by atoms with Crippen LogP contribution in [0.25, 0.3) is 6.08 Å². The van der Waals surface area contributed by atoms with E-state index >= 15 is 0 Å². The standard InChI is InChI=1S/C18H14FNO4/c1-22-15-8-3-11(10-16(15)23-2)9-14-18(21)24-17(20-14)12-4-6-13(19)7-5-12/h3-10H,1-2H3/b14-9-. The number of methoxy groups -OCH3 is 2. The lowest BCUT2D eigenvalue weighted by Crippen LogP contribution is -2.05. The minimum Gasteiger partial charge on any atom is -0.493 e. The number of hydrogen-bond donors (Lipinski definition) is 0. The van der Waals surface area contributed by atoms with Gasteiger partial charge in [0.25, 0.3) is 0 Å². The van der Waals surface area contributed by atoms with Gasteiger partial charge in [-0.25, -0.2) is 14.2 Å². The third-order valence-electron chi connectivity index (χ3n) is 3.42. The molecule has 2 aromatic carbocycles. The molecule has 0 fully saturated rings. The van der Waals surface area contributed by atoms with E-state index in [0.717, 1.165) is 0 Å². The molecule has 24 heavy (non-hydrogen) atoms. The molecule has 0 aromatic heterocycles. The number of benzene rings is 2. The molecule has 6 heteroatoms. The van der Waals surface area contributed by atoms with E-state index in [4.69, 9.17) is 14.2 Å². The number of nitrogens with zero attached hydrogens (tertiary/aromatic N) is 1. The van der Waals surface area contributed by atoms with E-state index in [1.54, 1.807) is 31.4 Å². The number of esters is 1. The summed E-state index contributed by atoms with van der Waals surface area (Å²) in [5.74, 6) is 0.339. The number of carbonyl (C=O) groups is 1. The first-order valence-electron chi connectivity index (χ1n) is 7.11. The molecule has 1 aliphatic rings. The number of carbonyl (C=O) groups excluding carboxylic acids is 1. The Morgan fingerprint density at radius 3 is 2.42 bits per heavy atom. The molecule has 0 aliphatic carbocycles. The summed E-state index contributed by atoms with van der Waals surface area (Å²) in [5.41, 5.74) is 1.39. The second kappa shape index (κ2) is 6.54. The number of ether oxygens (including phenoxy) is 3. The van der Waals surface area contributed by atoms with Gasteiger partial charge in [-0.1, -0.05) is 6.07 Å². The first kappa shape index (κ1) is 15.7.